The fourth-order valence-electron chi connectivity index (χ4n) is 17.6. The minimum absolute atomic E-state index is 0.600. The van der Waals surface area contributed by atoms with Crippen molar-refractivity contribution < 1.29 is 13.3 Å². The molecule has 0 saturated carbocycles. The Hall–Kier alpha value is -18.4. The first-order valence-corrected chi connectivity index (χ1v) is 44.9. The maximum Gasteiger partial charge on any atom is 0.164 e. The highest BCUT2D eigenvalue weighted by Crippen LogP contribution is 2.46. The van der Waals surface area contributed by atoms with Crippen molar-refractivity contribution in [1.82, 2.24) is 44.9 Å². The number of hydrogen-bond acceptors (Lipinski definition) is 12. The lowest BCUT2D eigenvalue weighted by Gasteiger charge is -2.09. The third-order valence-electron chi connectivity index (χ3n) is 24.4. The van der Waals surface area contributed by atoms with Crippen LogP contribution < -0.4 is 0 Å². The van der Waals surface area contributed by atoms with Crippen molar-refractivity contribution in [2.24, 2.45) is 0 Å². The molecule has 12 heteroatoms. The number of fused-ring (bicyclic) bond motifs is 9. The van der Waals surface area contributed by atoms with Crippen LogP contribution in [0, 0.1) is 0 Å². The Labute approximate surface area is 778 Å². The third kappa shape index (κ3) is 16.7. The van der Waals surface area contributed by atoms with Crippen molar-refractivity contribution >= 4 is 65.8 Å². The van der Waals surface area contributed by atoms with Crippen LogP contribution in [0.2, 0.25) is 0 Å². The van der Waals surface area contributed by atoms with Gasteiger partial charge in [-0.25, -0.2) is 44.9 Å². The first kappa shape index (κ1) is 81.1. The second-order valence-electron chi connectivity index (χ2n) is 33.0. The van der Waals surface area contributed by atoms with Crippen LogP contribution in [0.4, 0.5) is 0 Å². The summed E-state index contributed by atoms with van der Waals surface area (Å²) in [5.74, 6) is 5.62. The van der Waals surface area contributed by atoms with Crippen molar-refractivity contribution in [1.29, 1.82) is 0 Å². The summed E-state index contributed by atoms with van der Waals surface area (Å²) >= 11 is 0. The Morgan fingerprint density at radius 3 is 0.563 bits per heavy atom. The minimum atomic E-state index is 0.600. The van der Waals surface area contributed by atoms with Gasteiger partial charge in [-0.3, -0.25) is 0 Å². The highest BCUT2D eigenvalue weighted by atomic mass is 16.3. The molecule has 19 aromatic carbocycles. The lowest BCUT2D eigenvalue weighted by atomic mass is 9.95. The van der Waals surface area contributed by atoms with Gasteiger partial charge in [-0.15, -0.1) is 0 Å². The molecule has 6 heterocycles. The van der Waals surface area contributed by atoms with Crippen LogP contribution in [0.1, 0.15) is 0 Å². The molecule has 0 fully saturated rings. The van der Waals surface area contributed by atoms with Gasteiger partial charge in [0.1, 0.15) is 33.5 Å². The molecule has 25 aromatic rings. The monoisotopic (exact) mass is 1730 g/mol. The normalized spacial score (nSPS) is 11.3. The molecule has 0 N–H and O–H groups in total. The molecular formula is C123H79N9O3. The van der Waals surface area contributed by atoms with Gasteiger partial charge in [0.25, 0.3) is 0 Å². The highest BCUT2D eigenvalue weighted by molar-refractivity contribution is 6.15. The Balaban J connectivity index is 0.000000114. The van der Waals surface area contributed by atoms with Crippen LogP contribution in [0.25, 0.3) is 246 Å². The SMILES string of the molecule is c1ccc(-c2cc(-c3ccccc3)c3oc4cc(-c5nc(-c6ccccc6)nc(-c6ccccc6)n5)ccc4c3c2)cc1.c1ccc(-c2cc(-c3ccccc3)c3oc4ccc(-c5nc(-c6ccccc6)nc(-c6ccccc6)n5)cc4c3c2)cc1.c1ccc(-c2ccc(-c3nc(-c4ccccc4)nc(-c4ccc5oc6c(-c7ccccc7)cc(-c7ccccc7)cc6c5c4)n3)cc2)cc1. The van der Waals surface area contributed by atoms with Crippen molar-refractivity contribution in [3.8, 4) is 180 Å². The fourth-order valence-corrected chi connectivity index (χ4v) is 17.6. The first-order valence-electron chi connectivity index (χ1n) is 44.9. The zero-order chi connectivity index (χ0) is 89.8. The molecule has 634 valence electrons. The van der Waals surface area contributed by atoms with E-state index in [1.165, 1.54) is 11.1 Å². The van der Waals surface area contributed by atoms with Crippen molar-refractivity contribution in [3.05, 3.63) is 479 Å². The summed E-state index contributed by atoms with van der Waals surface area (Å²) in [6.07, 6.45) is 0. The topological polar surface area (TPSA) is 155 Å². The average molecular weight is 1730 g/mol. The van der Waals surface area contributed by atoms with Crippen molar-refractivity contribution in [2.45, 2.75) is 0 Å². The Morgan fingerprint density at radius 2 is 0.289 bits per heavy atom. The fraction of sp³-hybridized carbons (Fsp3) is 0. The molecule has 0 unspecified atom stereocenters. The average Bonchev–Trinajstić information content (AvgIpc) is 1.61. The van der Waals surface area contributed by atoms with Gasteiger partial charge in [0.15, 0.2) is 52.4 Å². The van der Waals surface area contributed by atoms with Crippen LogP contribution in [0.5, 0.6) is 0 Å². The maximum atomic E-state index is 6.65. The predicted molar refractivity (Wildman–Crippen MR) is 548 cm³/mol. The number of rotatable bonds is 16. The molecule has 0 bridgehead atoms. The van der Waals surface area contributed by atoms with Crippen LogP contribution in [-0.2, 0) is 0 Å². The molecular weight excluding hydrogens is 1650 g/mol. The lowest BCUT2D eigenvalue weighted by molar-refractivity contribution is 0.669. The molecule has 0 aliphatic heterocycles. The second kappa shape index (κ2) is 36.3. The standard InChI is InChI=1S/C45H29N3O.2C39H25N3O/c1-5-13-30(14-6-1)32-21-23-35(24-22-32)44-46-43(34-19-11-4-12-20-34)47-45(48-44)36-25-26-41-39(27-36)40-29-37(31-15-7-2-8-16-31)28-38(42(40)49-41)33-17-9-3-10-18-33;1-5-13-26(14-6-1)31-23-33(27-15-7-2-8-16-27)36-34(24-31)32-22-21-30(25-35(32)43-36)39-41-37(28-17-9-3-10-18-28)40-38(42-39)29-19-11-4-12-20-29;1-5-13-26(14-6-1)31-24-32(27-15-7-2-8-16-27)36-34(25-31)33-23-30(21-22-35(33)43-36)39-41-37(28-17-9-3-10-18-28)40-38(42-39)29-19-11-4-12-20-29/h1-29H;2*1-25H. The van der Waals surface area contributed by atoms with Gasteiger partial charge in [-0.2, -0.15) is 0 Å². The van der Waals surface area contributed by atoms with E-state index in [2.05, 4.69) is 255 Å². The van der Waals surface area contributed by atoms with E-state index in [0.717, 1.165) is 183 Å². The molecule has 6 aromatic heterocycles. The smallest absolute Gasteiger partial charge is 0.164 e. The zero-order valence-electron chi connectivity index (χ0n) is 72.9. The molecule has 0 aliphatic rings. The molecule has 12 nitrogen and oxygen atoms in total. The molecule has 0 spiro atoms. The molecule has 0 atom stereocenters. The van der Waals surface area contributed by atoms with Crippen molar-refractivity contribution in [2.75, 3.05) is 0 Å². The van der Waals surface area contributed by atoms with E-state index in [4.69, 9.17) is 58.1 Å². The zero-order valence-corrected chi connectivity index (χ0v) is 72.9. The van der Waals surface area contributed by atoms with E-state index in [-0.39, 0.29) is 0 Å². The Morgan fingerprint density at radius 1 is 0.111 bits per heavy atom. The largest absolute Gasteiger partial charge is 0.455 e. The number of nitrogens with zero attached hydrogens (tertiary/aromatic N) is 9. The highest BCUT2D eigenvalue weighted by Gasteiger charge is 2.24. The summed E-state index contributed by atoms with van der Waals surface area (Å²) in [5, 5.41) is 6.26. The molecule has 0 saturated heterocycles. The summed E-state index contributed by atoms with van der Waals surface area (Å²) in [4.78, 5) is 44.4. The predicted octanol–water partition coefficient (Wildman–Crippen LogP) is 32.0. The number of benzene rings is 19. The third-order valence-corrected chi connectivity index (χ3v) is 24.4. The van der Waals surface area contributed by atoms with E-state index in [1.807, 2.05) is 224 Å². The van der Waals surface area contributed by atoms with E-state index < -0.39 is 0 Å². The van der Waals surface area contributed by atoms with Gasteiger partial charge in [-0.1, -0.05) is 394 Å². The second-order valence-corrected chi connectivity index (χ2v) is 33.0. The molecule has 0 amide bonds. The number of hydrogen-bond donors (Lipinski definition) is 0. The molecule has 0 radical (unpaired) electrons. The number of furan rings is 3. The Kier molecular flexibility index (Phi) is 21.8. The van der Waals surface area contributed by atoms with Gasteiger partial charge in [0, 0.05) is 99.1 Å². The molecule has 25 rings (SSSR count). The summed E-state index contributed by atoms with van der Waals surface area (Å²) < 4.78 is 19.8. The summed E-state index contributed by atoms with van der Waals surface area (Å²) in [6, 6.07) is 164. The van der Waals surface area contributed by atoms with E-state index in [9.17, 15) is 0 Å². The van der Waals surface area contributed by atoms with Crippen LogP contribution in [-0.4, -0.2) is 44.9 Å². The van der Waals surface area contributed by atoms with Gasteiger partial charge in [0.2, 0.25) is 0 Å². The summed E-state index contributed by atoms with van der Waals surface area (Å²) in [7, 11) is 0. The van der Waals surface area contributed by atoms with E-state index in [1.54, 1.807) is 0 Å². The van der Waals surface area contributed by atoms with Crippen LogP contribution in [0.3, 0.4) is 0 Å². The Bertz CT molecular complexity index is 8420. The van der Waals surface area contributed by atoms with Gasteiger partial charge in [0.05, 0.1) is 0 Å². The maximum absolute atomic E-state index is 6.65. The van der Waals surface area contributed by atoms with E-state index >= 15 is 0 Å². The minimum Gasteiger partial charge on any atom is -0.455 e. The first-order chi connectivity index (χ1) is 66.9. The lowest BCUT2D eigenvalue weighted by Crippen LogP contribution is -2.00. The van der Waals surface area contributed by atoms with Crippen LogP contribution in [0.15, 0.2) is 492 Å². The van der Waals surface area contributed by atoms with Crippen LogP contribution >= 0.6 is 0 Å². The number of aromatic nitrogens is 9. The molecule has 0 aliphatic carbocycles. The summed E-state index contributed by atoms with van der Waals surface area (Å²) in [5.41, 5.74) is 29.0. The van der Waals surface area contributed by atoms with Gasteiger partial charge >= 0.3 is 0 Å². The van der Waals surface area contributed by atoms with Gasteiger partial charge in [-0.05, 0) is 146 Å². The summed E-state index contributed by atoms with van der Waals surface area (Å²) in [6.45, 7) is 0. The van der Waals surface area contributed by atoms with E-state index in [0.29, 0.717) is 52.4 Å². The van der Waals surface area contributed by atoms with Crippen molar-refractivity contribution in [3.63, 3.8) is 0 Å². The molecule has 135 heavy (non-hydrogen) atoms. The quantitative estimate of drug-likeness (QED) is 0.0904. The van der Waals surface area contributed by atoms with Gasteiger partial charge < -0.3 is 13.3 Å².